The highest BCUT2D eigenvalue weighted by molar-refractivity contribution is 5.76. The van der Waals surface area contributed by atoms with E-state index < -0.39 is 5.97 Å². The van der Waals surface area contributed by atoms with E-state index in [4.69, 9.17) is 14.6 Å². The molecule has 0 aliphatic heterocycles. The molecule has 0 radical (unpaired) electrons. The number of hydrogen-bond donors (Lipinski definition) is 1. The molecule has 0 saturated carbocycles. The Morgan fingerprint density at radius 2 is 1.85 bits per heavy atom. The Bertz CT molecular complexity index is 461. The monoisotopic (exact) mass is 281 g/mol. The quantitative estimate of drug-likeness (QED) is 0.779. The Morgan fingerprint density at radius 1 is 1.20 bits per heavy atom. The first-order valence-corrected chi connectivity index (χ1v) is 6.26. The Labute approximate surface area is 117 Å². The SMILES string of the molecule is COc1ccccc1OCCC(=O)N(C)CCC(=O)O. The number of ether oxygens (including phenoxy) is 2. The molecule has 6 nitrogen and oxygen atoms in total. The van der Waals surface area contributed by atoms with E-state index in [9.17, 15) is 9.59 Å². The summed E-state index contributed by atoms with van der Waals surface area (Å²) in [6, 6.07) is 7.18. The van der Waals surface area contributed by atoms with Crippen LogP contribution >= 0.6 is 0 Å². The van der Waals surface area contributed by atoms with Crippen molar-refractivity contribution in [3.63, 3.8) is 0 Å². The summed E-state index contributed by atoms with van der Waals surface area (Å²) in [5.74, 6) is 0.117. The number of benzene rings is 1. The zero-order valence-electron chi connectivity index (χ0n) is 11.7. The molecule has 1 rings (SSSR count). The number of para-hydroxylation sites is 2. The normalized spacial score (nSPS) is 9.90. The van der Waals surface area contributed by atoms with E-state index in [1.165, 1.54) is 4.90 Å². The van der Waals surface area contributed by atoms with Gasteiger partial charge in [-0.15, -0.1) is 0 Å². The third-order valence-electron chi connectivity index (χ3n) is 2.73. The maximum absolute atomic E-state index is 11.7. The predicted octanol–water partition coefficient (Wildman–Crippen LogP) is 1.40. The second kappa shape index (κ2) is 8.04. The van der Waals surface area contributed by atoms with Crippen LogP contribution in [-0.2, 0) is 9.59 Å². The lowest BCUT2D eigenvalue weighted by Gasteiger charge is -2.16. The van der Waals surface area contributed by atoms with Gasteiger partial charge < -0.3 is 19.5 Å². The molecule has 20 heavy (non-hydrogen) atoms. The summed E-state index contributed by atoms with van der Waals surface area (Å²) >= 11 is 0. The van der Waals surface area contributed by atoms with E-state index in [0.717, 1.165) is 0 Å². The van der Waals surface area contributed by atoms with Crippen LogP contribution in [0.15, 0.2) is 24.3 Å². The molecule has 0 saturated heterocycles. The van der Waals surface area contributed by atoms with Gasteiger partial charge in [0, 0.05) is 13.6 Å². The molecular weight excluding hydrogens is 262 g/mol. The average molecular weight is 281 g/mol. The number of rotatable bonds is 8. The van der Waals surface area contributed by atoms with Gasteiger partial charge in [-0.1, -0.05) is 12.1 Å². The number of hydrogen-bond acceptors (Lipinski definition) is 4. The molecule has 0 aliphatic carbocycles. The molecule has 0 aromatic heterocycles. The summed E-state index contributed by atoms with van der Waals surface area (Å²) < 4.78 is 10.6. The molecule has 0 spiro atoms. The van der Waals surface area contributed by atoms with Gasteiger partial charge in [-0.25, -0.2) is 0 Å². The maximum atomic E-state index is 11.7. The van der Waals surface area contributed by atoms with Crippen molar-refractivity contribution in [2.24, 2.45) is 0 Å². The topological polar surface area (TPSA) is 76.1 Å². The molecule has 0 aliphatic rings. The van der Waals surface area contributed by atoms with Crippen LogP contribution in [0.2, 0.25) is 0 Å². The van der Waals surface area contributed by atoms with Gasteiger partial charge in [-0.05, 0) is 12.1 Å². The van der Waals surface area contributed by atoms with E-state index in [0.29, 0.717) is 11.5 Å². The summed E-state index contributed by atoms with van der Waals surface area (Å²) in [6.07, 6.45) is 0.129. The van der Waals surface area contributed by atoms with Crippen LogP contribution in [0, 0.1) is 0 Å². The Hall–Kier alpha value is -2.24. The zero-order chi connectivity index (χ0) is 15.0. The molecule has 0 fully saturated rings. The van der Waals surface area contributed by atoms with Crippen LogP contribution in [0.5, 0.6) is 11.5 Å². The van der Waals surface area contributed by atoms with E-state index in [1.807, 2.05) is 12.1 Å². The number of carboxylic acids is 1. The second-order valence-corrected chi connectivity index (χ2v) is 4.21. The lowest BCUT2D eigenvalue weighted by Crippen LogP contribution is -2.30. The number of amides is 1. The van der Waals surface area contributed by atoms with Crippen LogP contribution in [0.25, 0.3) is 0 Å². The minimum atomic E-state index is -0.921. The van der Waals surface area contributed by atoms with Crippen molar-refractivity contribution in [3.8, 4) is 11.5 Å². The summed E-state index contributed by atoms with van der Waals surface area (Å²) in [5, 5.41) is 8.55. The molecule has 110 valence electrons. The van der Waals surface area contributed by atoms with Gasteiger partial charge in [-0.2, -0.15) is 0 Å². The molecule has 1 amide bonds. The first-order valence-electron chi connectivity index (χ1n) is 6.26. The molecule has 0 unspecified atom stereocenters. The lowest BCUT2D eigenvalue weighted by atomic mass is 10.3. The van der Waals surface area contributed by atoms with Gasteiger partial charge >= 0.3 is 5.97 Å². The highest BCUT2D eigenvalue weighted by Gasteiger charge is 2.11. The third-order valence-corrected chi connectivity index (χ3v) is 2.73. The van der Waals surface area contributed by atoms with Crippen LogP contribution in [-0.4, -0.2) is 49.2 Å². The van der Waals surface area contributed by atoms with E-state index in [-0.39, 0.29) is 31.9 Å². The number of nitrogens with zero attached hydrogens (tertiary/aromatic N) is 1. The number of methoxy groups -OCH3 is 1. The summed E-state index contributed by atoms with van der Waals surface area (Å²) in [4.78, 5) is 23.5. The summed E-state index contributed by atoms with van der Waals surface area (Å²) in [6.45, 7) is 0.416. The van der Waals surface area contributed by atoms with Crippen molar-refractivity contribution in [1.82, 2.24) is 4.90 Å². The van der Waals surface area contributed by atoms with Gasteiger partial charge in [0.2, 0.25) is 5.91 Å². The average Bonchev–Trinajstić information content (AvgIpc) is 2.45. The molecule has 1 aromatic carbocycles. The van der Waals surface area contributed by atoms with Crippen molar-refractivity contribution in [2.45, 2.75) is 12.8 Å². The highest BCUT2D eigenvalue weighted by Crippen LogP contribution is 2.25. The summed E-state index contributed by atoms with van der Waals surface area (Å²) in [5.41, 5.74) is 0. The molecule has 0 atom stereocenters. The minimum absolute atomic E-state index is 0.0599. The predicted molar refractivity (Wildman–Crippen MR) is 73.0 cm³/mol. The van der Waals surface area contributed by atoms with Gasteiger partial charge in [0.1, 0.15) is 0 Å². The highest BCUT2D eigenvalue weighted by atomic mass is 16.5. The fourth-order valence-electron chi connectivity index (χ4n) is 1.57. The standard InChI is InChI=1S/C14H19NO5/c1-15(9-7-14(17)18)13(16)8-10-20-12-6-4-3-5-11(12)19-2/h3-6H,7-10H2,1-2H3,(H,17,18). The Kier molecular flexibility index (Phi) is 6.36. The summed E-state index contributed by atoms with van der Waals surface area (Å²) in [7, 11) is 3.13. The van der Waals surface area contributed by atoms with Crippen LogP contribution < -0.4 is 9.47 Å². The number of carboxylic acid groups (broad SMARTS) is 1. The van der Waals surface area contributed by atoms with Crippen molar-refractivity contribution in [1.29, 1.82) is 0 Å². The molecule has 1 N–H and O–H groups in total. The van der Waals surface area contributed by atoms with Gasteiger partial charge in [-0.3, -0.25) is 9.59 Å². The molecule has 1 aromatic rings. The second-order valence-electron chi connectivity index (χ2n) is 4.21. The van der Waals surface area contributed by atoms with Crippen molar-refractivity contribution >= 4 is 11.9 Å². The van der Waals surface area contributed by atoms with Gasteiger partial charge in [0.05, 0.1) is 26.6 Å². The van der Waals surface area contributed by atoms with Crippen molar-refractivity contribution in [2.75, 3.05) is 27.3 Å². The maximum Gasteiger partial charge on any atom is 0.305 e. The fraction of sp³-hybridized carbons (Fsp3) is 0.429. The smallest absolute Gasteiger partial charge is 0.305 e. The number of carbonyl (C=O) groups is 2. The van der Waals surface area contributed by atoms with E-state index >= 15 is 0 Å². The number of aliphatic carboxylic acids is 1. The molecule has 0 bridgehead atoms. The first-order chi connectivity index (χ1) is 9.54. The largest absolute Gasteiger partial charge is 0.493 e. The minimum Gasteiger partial charge on any atom is -0.493 e. The van der Waals surface area contributed by atoms with Crippen molar-refractivity contribution in [3.05, 3.63) is 24.3 Å². The van der Waals surface area contributed by atoms with Crippen LogP contribution in [0.3, 0.4) is 0 Å². The molecule has 0 heterocycles. The van der Waals surface area contributed by atoms with E-state index in [2.05, 4.69) is 0 Å². The molecular formula is C14H19NO5. The van der Waals surface area contributed by atoms with Crippen LogP contribution in [0.1, 0.15) is 12.8 Å². The first kappa shape index (κ1) is 15.8. The Balaban J connectivity index is 2.36. The fourth-order valence-corrected chi connectivity index (χ4v) is 1.57. The zero-order valence-corrected chi connectivity index (χ0v) is 11.7. The van der Waals surface area contributed by atoms with Crippen LogP contribution in [0.4, 0.5) is 0 Å². The van der Waals surface area contributed by atoms with Gasteiger partial charge in [0.15, 0.2) is 11.5 Å². The van der Waals surface area contributed by atoms with Crippen molar-refractivity contribution < 1.29 is 24.2 Å². The number of carbonyl (C=O) groups excluding carboxylic acids is 1. The Morgan fingerprint density at radius 3 is 2.45 bits per heavy atom. The lowest BCUT2D eigenvalue weighted by molar-refractivity contribution is -0.138. The van der Waals surface area contributed by atoms with Gasteiger partial charge in [0.25, 0.3) is 0 Å². The third kappa shape index (κ3) is 5.17. The molecule has 6 heteroatoms. The van der Waals surface area contributed by atoms with E-state index in [1.54, 1.807) is 26.3 Å².